The molecule has 21 heavy (non-hydrogen) atoms. The molecule has 2 aromatic heterocycles. The zero-order valence-corrected chi connectivity index (χ0v) is 12.7. The highest BCUT2D eigenvalue weighted by atomic mass is 16.4. The SMILES string of the molecule is CC(C)(C)C(Cn1ccnc1)NC(=O)c1ccc(CN)o1. The summed E-state index contributed by atoms with van der Waals surface area (Å²) in [6.45, 7) is 7.19. The Bertz CT molecular complexity index is 581. The van der Waals surface area contributed by atoms with Crippen LogP contribution in [0.3, 0.4) is 0 Å². The molecule has 1 unspecified atom stereocenters. The summed E-state index contributed by atoms with van der Waals surface area (Å²) < 4.78 is 7.34. The summed E-state index contributed by atoms with van der Waals surface area (Å²) in [6.07, 6.45) is 5.34. The molecule has 0 aromatic carbocycles. The van der Waals surface area contributed by atoms with E-state index in [9.17, 15) is 4.79 Å². The molecule has 1 atom stereocenters. The number of hydrogen-bond donors (Lipinski definition) is 2. The Hall–Kier alpha value is -2.08. The third kappa shape index (κ3) is 3.95. The molecule has 3 N–H and O–H groups in total. The van der Waals surface area contributed by atoms with Gasteiger partial charge in [-0.2, -0.15) is 0 Å². The first-order chi connectivity index (χ1) is 9.90. The van der Waals surface area contributed by atoms with Crippen molar-refractivity contribution in [1.29, 1.82) is 0 Å². The zero-order chi connectivity index (χ0) is 15.5. The number of rotatable bonds is 5. The molecule has 0 spiro atoms. The molecule has 6 nitrogen and oxygen atoms in total. The fourth-order valence-corrected chi connectivity index (χ4v) is 1.98. The smallest absolute Gasteiger partial charge is 0.287 e. The van der Waals surface area contributed by atoms with Crippen molar-refractivity contribution >= 4 is 5.91 Å². The molecule has 1 amide bonds. The molecule has 6 heteroatoms. The van der Waals surface area contributed by atoms with Crippen LogP contribution in [0.4, 0.5) is 0 Å². The fraction of sp³-hybridized carbons (Fsp3) is 0.467. The lowest BCUT2D eigenvalue weighted by molar-refractivity contribution is 0.0862. The Morgan fingerprint density at radius 3 is 2.76 bits per heavy atom. The minimum atomic E-state index is -0.227. The molecule has 0 saturated heterocycles. The van der Waals surface area contributed by atoms with Crippen LogP contribution >= 0.6 is 0 Å². The summed E-state index contributed by atoms with van der Waals surface area (Å²) in [5.74, 6) is 0.659. The second kappa shape index (κ2) is 6.13. The number of hydrogen-bond acceptors (Lipinski definition) is 4. The molecule has 2 heterocycles. The lowest BCUT2D eigenvalue weighted by atomic mass is 9.86. The first kappa shape index (κ1) is 15.3. The predicted octanol–water partition coefficient (Wildman–Crippen LogP) is 1.78. The van der Waals surface area contributed by atoms with Gasteiger partial charge in [0.1, 0.15) is 5.76 Å². The number of amides is 1. The molecule has 0 bridgehead atoms. The first-order valence-corrected chi connectivity index (χ1v) is 6.95. The van der Waals surface area contributed by atoms with Crippen LogP contribution in [-0.4, -0.2) is 21.5 Å². The van der Waals surface area contributed by atoms with Crippen molar-refractivity contribution in [2.24, 2.45) is 11.1 Å². The minimum absolute atomic E-state index is 0.0503. The van der Waals surface area contributed by atoms with Crippen LogP contribution in [0.2, 0.25) is 0 Å². The number of aromatic nitrogens is 2. The van der Waals surface area contributed by atoms with Gasteiger partial charge < -0.3 is 20.0 Å². The molecular formula is C15H22N4O2. The van der Waals surface area contributed by atoms with E-state index in [2.05, 4.69) is 31.1 Å². The molecule has 0 saturated carbocycles. The van der Waals surface area contributed by atoms with E-state index in [0.29, 0.717) is 12.3 Å². The Kier molecular flexibility index (Phi) is 4.47. The zero-order valence-electron chi connectivity index (χ0n) is 12.7. The van der Waals surface area contributed by atoms with Crippen LogP contribution in [0.25, 0.3) is 0 Å². The topological polar surface area (TPSA) is 86.1 Å². The third-order valence-electron chi connectivity index (χ3n) is 3.39. The molecule has 0 fully saturated rings. The number of nitrogens with one attached hydrogen (secondary N) is 1. The Balaban J connectivity index is 2.09. The van der Waals surface area contributed by atoms with Gasteiger partial charge in [-0.15, -0.1) is 0 Å². The van der Waals surface area contributed by atoms with Crippen molar-refractivity contribution < 1.29 is 9.21 Å². The standard InChI is InChI=1S/C15H22N4O2/c1-15(2,3)13(9-19-7-6-17-10-19)18-14(20)12-5-4-11(8-16)21-12/h4-7,10,13H,8-9,16H2,1-3H3,(H,18,20). The van der Waals surface area contributed by atoms with Crippen molar-refractivity contribution in [2.45, 2.75) is 39.9 Å². The number of furan rings is 1. The van der Waals surface area contributed by atoms with E-state index in [1.165, 1.54) is 0 Å². The molecule has 2 rings (SSSR count). The molecular weight excluding hydrogens is 268 g/mol. The molecule has 0 radical (unpaired) electrons. The Morgan fingerprint density at radius 1 is 1.48 bits per heavy atom. The highest BCUT2D eigenvalue weighted by molar-refractivity contribution is 5.91. The van der Waals surface area contributed by atoms with E-state index in [1.54, 1.807) is 24.7 Å². The van der Waals surface area contributed by atoms with Gasteiger partial charge in [0.25, 0.3) is 5.91 Å². The average molecular weight is 290 g/mol. The van der Waals surface area contributed by atoms with E-state index in [-0.39, 0.29) is 29.7 Å². The largest absolute Gasteiger partial charge is 0.455 e. The van der Waals surface area contributed by atoms with Gasteiger partial charge in [0, 0.05) is 18.9 Å². The number of nitrogens with two attached hydrogens (primary N) is 1. The van der Waals surface area contributed by atoms with Gasteiger partial charge in [-0.05, 0) is 17.5 Å². The van der Waals surface area contributed by atoms with Crippen LogP contribution in [0, 0.1) is 5.41 Å². The van der Waals surface area contributed by atoms with Crippen LogP contribution in [0.5, 0.6) is 0 Å². The first-order valence-electron chi connectivity index (χ1n) is 6.95. The van der Waals surface area contributed by atoms with Gasteiger partial charge in [0.05, 0.1) is 18.9 Å². The van der Waals surface area contributed by atoms with Gasteiger partial charge in [-0.3, -0.25) is 4.79 Å². The maximum absolute atomic E-state index is 12.3. The Labute approximate surface area is 124 Å². The Morgan fingerprint density at radius 2 is 2.24 bits per heavy atom. The highest BCUT2D eigenvalue weighted by Crippen LogP contribution is 2.21. The van der Waals surface area contributed by atoms with Crippen LogP contribution in [0.15, 0.2) is 35.3 Å². The highest BCUT2D eigenvalue weighted by Gasteiger charge is 2.27. The molecule has 114 valence electrons. The van der Waals surface area contributed by atoms with Crippen LogP contribution in [-0.2, 0) is 13.1 Å². The third-order valence-corrected chi connectivity index (χ3v) is 3.39. The molecule has 0 aliphatic heterocycles. The van der Waals surface area contributed by atoms with Crippen molar-refractivity contribution in [1.82, 2.24) is 14.9 Å². The van der Waals surface area contributed by atoms with E-state index in [4.69, 9.17) is 10.2 Å². The van der Waals surface area contributed by atoms with E-state index < -0.39 is 0 Å². The fourth-order valence-electron chi connectivity index (χ4n) is 1.98. The minimum Gasteiger partial charge on any atom is -0.455 e. The van der Waals surface area contributed by atoms with Crippen LogP contribution < -0.4 is 11.1 Å². The van der Waals surface area contributed by atoms with Crippen molar-refractivity contribution in [3.63, 3.8) is 0 Å². The number of carbonyl (C=O) groups is 1. The number of nitrogens with zero attached hydrogens (tertiary/aromatic N) is 2. The van der Waals surface area contributed by atoms with E-state index in [1.807, 2.05) is 10.8 Å². The van der Waals surface area contributed by atoms with Gasteiger partial charge in [-0.25, -0.2) is 4.98 Å². The quantitative estimate of drug-likeness (QED) is 0.879. The summed E-state index contributed by atoms with van der Waals surface area (Å²) in [4.78, 5) is 16.3. The summed E-state index contributed by atoms with van der Waals surface area (Å²) in [5, 5.41) is 3.03. The van der Waals surface area contributed by atoms with E-state index >= 15 is 0 Å². The normalized spacial score (nSPS) is 13.1. The maximum atomic E-state index is 12.3. The lowest BCUT2D eigenvalue weighted by Crippen LogP contribution is -2.46. The van der Waals surface area contributed by atoms with Crippen LogP contribution in [0.1, 0.15) is 37.1 Å². The summed E-state index contributed by atoms with van der Waals surface area (Å²) in [7, 11) is 0. The molecule has 0 aliphatic carbocycles. The number of imidazole rings is 1. The van der Waals surface area contributed by atoms with E-state index in [0.717, 1.165) is 0 Å². The van der Waals surface area contributed by atoms with Crippen molar-refractivity contribution in [3.05, 3.63) is 42.4 Å². The molecule has 0 aliphatic rings. The lowest BCUT2D eigenvalue weighted by Gasteiger charge is -2.31. The second-order valence-corrected chi connectivity index (χ2v) is 6.12. The van der Waals surface area contributed by atoms with Crippen molar-refractivity contribution in [3.8, 4) is 0 Å². The summed E-state index contributed by atoms with van der Waals surface area (Å²) in [6, 6.07) is 3.32. The van der Waals surface area contributed by atoms with Crippen molar-refractivity contribution in [2.75, 3.05) is 0 Å². The molecule has 2 aromatic rings. The maximum Gasteiger partial charge on any atom is 0.287 e. The second-order valence-electron chi connectivity index (χ2n) is 6.12. The van der Waals surface area contributed by atoms with Gasteiger partial charge >= 0.3 is 0 Å². The monoisotopic (exact) mass is 290 g/mol. The average Bonchev–Trinajstić information content (AvgIpc) is 3.07. The van der Waals surface area contributed by atoms with Gasteiger partial charge in [0.2, 0.25) is 0 Å². The van der Waals surface area contributed by atoms with Gasteiger partial charge in [0.15, 0.2) is 5.76 Å². The predicted molar refractivity (Wildman–Crippen MR) is 79.5 cm³/mol. The number of carbonyl (C=O) groups excluding carboxylic acids is 1. The summed E-state index contributed by atoms with van der Waals surface area (Å²) >= 11 is 0. The van der Waals surface area contributed by atoms with Gasteiger partial charge in [-0.1, -0.05) is 20.8 Å². The summed E-state index contributed by atoms with van der Waals surface area (Å²) in [5.41, 5.74) is 5.39.